The van der Waals surface area contributed by atoms with E-state index < -0.39 is 0 Å². The number of ether oxygens (including phenoxy) is 3. The first kappa shape index (κ1) is 27.1. The average Bonchev–Trinajstić information content (AvgIpc) is 3.13. The van der Waals surface area contributed by atoms with Gasteiger partial charge in [-0.3, -0.25) is 14.5 Å². The Hall–Kier alpha value is -2.94. The predicted molar refractivity (Wildman–Crippen MR) is 151 cm³/mol. The summed E-state index contributed by atoms with van der Waals surface area (Å²) in [6, 6.07) is 16.9. The molecule has 0 N–H and O–H groups in total. The highest BCUT2D eigenvalue weighted by atomic mass is 79.9. The Balaban J connectivity index is 1.45. The molecule has 2 amide bonds. The van der Waals surface area contributed by atoms with Crippen LogP contribution < -0.4 is 14.2 Å². The van der Waals surface area contributed by atoms with Crippen molar-refractivity contribution in [3.63, 3.8) is 0 Å². The van der Waals surface area contributed by atoms with Crippen molar-refractivity contribution in [2.75, 3.05) is 20.3 Å². The highest BCUT2D eigenvalue weighted by Crippen LogP contribution is 2.39. The molecule has 0 radical (unpaired) electrons. The van der Waals surface area contributed by atoms with Gasteiger partial charge in [0, 0.05) is 10.6 Å². The van der Waals surface area contributed by atoms with Crippen molar-refractivity contribution in [3.8, 4) is 17.2 Å². The van der Waals surface area contributed by atoms with E-state index in [4.69, 9.17) is 25.8 Å². The maximum Gasteiger partial charge on any atom is 0.293 e. The predicted octanol–water partition coefficient (Wildman–Crippen LogP) is 7.42. The molecule has 1 heterocycles. The molecule has 0 unspecified atom stereocenters. The summed E-state index contributed by atoms with van der Waals surface area (Å²) in [5.74, 6) is 1.38. The number of halogens is 2. The van der Waals surface area contributed by atoms with Crippen LogP contribution in [0.5, 0.6) is 17.2 Å². The second-order valence-corrected chi connectivity index (χ2v) is 10.6. The van der Waals surface area contributed by atoms with Gasteiger partial charge in [-0.15, -0.1) is 0 Å². The van der Waals surface area contributed by atoms with Crippen molar-refractivity contribution in [1.82, 2.24) is 4.90 Å². The second kappa shape index (κ2) is 12.1. The van der Waals surface area contributed by atoms with Crippen LogP contribution in [0.1, 0.15) is 22.3 Å². The highest BCUT2D eigenvalue weighted by Gasteiger charge is 2.35. The van der Waals surface area contributed by atoms with Crippen LogP contribution in [-0.4, -0.2) is 36.3 Å². The van der Waals surface area contributed by atoms with Crippen molar-refractivity contribution in [2.45, 2.75) is 20.5 Å². The molecule has 3 aromatic carbocycles. The lowest BCUT2D eigenvalue weighted by Crippen LogP contribution is -2.32. The Kier molecular flexibility index (Phi) is 8.84. The number of benzene rings is 3. The molecule has 0 bridgehead atoms. The summed E-state index contributed by atoms with van der Waals surface area (Å²) >= 11 is 10.7. The van der Waals surface area contributed by atoms with E-state index in [1.165, 1.54) is 12.0 Å². The molecule has 0 spiro atoms. The number of nitrogens with zero attached hydrogens (tertiary/aromatic N) is 1. The monoisotopic (exact) mass is 601 g/mol. The van der Waals surface area contributed by atoms with Crippen LogP contribution in [0.3, 0.4) is 0 Å². The summed E-state index contributed by atoms with van der Waals surface area (Å²) in [7, 11) is 1.54. The number of hydrogen-bond acceptors (Lipinski definition) is 6. The minimum absolute atomic E-state index is 0.164. The van der Waals surface area contributed by atoms with E-state index in [0.29, 0.717) is 31.5 Å². The van der Waals surface area contributed by atoms with Crippen LogP contribution in [0.25, 0.3) is 6.08 Å². The molecule has 1 aliphatic rings. The lowest BCUT2D eigenvalue weighted by atomic mass is 10.1. The van der Waals surface area contributed by atoms with Gasteiger partial charge in [0.1, 0.15) is 19.0 Å². The fourth-order valence-electron chi connectivity index (χ4n) is 3.68. The van der Waals surface area contributed by atoms with Crippen LogP contribution in [-0.2, 0) is 11.4 Å². The maximum absolute atomic E-state index is 13.0. The van der Waals surface area contributed by atoms with Gasteiger partial charge in [-0.05, 0) is 88.6 Å². The quantitative estimate of drug-likeness (QED) is 0.238. The summed E-state index contributed by atoms with van der Waals surface area (Å²) in [5.41, 5.74) is 3.61. The van der Waals surface area contributed by atoms with Crippen LogP contribution in [0.15, 0.2) is 64.0 Å². The Labute approximate surface area is 233 Å². The molecular formula is C28H25BrClNO5S. The van der Waals surface area contributed by atoms with Gasteiger partial charge >= 0.3 is 0 Å². The Morgan fingerprint density at radius 1 is 1.03 bits per heavy atom. The zero-order chi connectivity index (χ0) is 26.5. The molecule has 6 nitrogen and oxygen atoms in total. The minimum Gasteiger partial charge on any atom is -0.493 e. The minimum atomic E-state index is -0.353. The number of hydrogen-bond donors (Lipinski definition) is 0. The third-order valence-corrected chi connectivity index (χ3v) is 7.53. The molecule has 4 rings (SSSR count). The SMILES string of the molecule is COc1cc(/C=C2\SC(=O)N(CCOc3cc(C)ccc3C)C2=O)cc(Br)c1OCc1ccccc1Cl. The number of rotatable bonds is 9. The molecule has 1 aliphatic heterocycles. The normalized spacial score (nSPS) is 14.4. The van der Waals surface area contributed by atoms with E-state index >= 15 is 0 Å². The zero-order valence-electron chi connectivity index (χ0n) is 20.5. The summed E-state index contributed by atoms with van der Waals surface area (Å²) in [4.78, 5) is 27.0. The van der Waals surface area contributed by atoms with Gasteiger partial charge in [-0.1, -0.05) is 41.9 Å². The molecule has 0 saturated carbocycles. The number of thioether (sulfide) groups is 1. The summed E-state index contributed by atoms with van der Waals surface area (Å²) < 4.78 is 18.0. The third kappa shape index (κ3) is 6.50. The summed E-state index contributed by atoms with van der Waals surface area (Å²) in [6.45, 7) is 4.58. The van der Waals surface area contributed by atoms with E-state index in [1.807, 2.05) is 56.3 Å². The Morgan fingerprint density at radius 2 is 1.81 bits per heavy atom. The third-order valence-electron chi connectivity index (χ3n) is 5.67. The molecule has 0 aliphatic carbocycles. The fourth-order valence-corrected chi connectivity index (χ4v) is 5.31. The standard InChI is InChI=1S/C28H25BrClNO5S/c1-17-8-9-18(2)23(12-17)35-11-10-31-27(32)25(37-28(31)33)15-19-13-21(29)26(24(14-19)34-3)36-16-20-6-4-5-7-22(20)30/h4-9,12-15H,10-11,16H2,1-3H3/b25-15-. The summed E-state index contributed by atoms with van der Waals surface area (Å²) in [5, 5.41) is 0.288. The first-order chi connectivity index (χ1) is 17.8. The topological polar surface area (TPSA) is 65.1 Å². The number of methoxy groups -OCH3 is 1. The van der Waals surface area contributed by atoms with Crippen LogP contribution >= 0.6 is 39.3 Å². The molecule has 3 aromatic rings. The van der Waals surface area contributed by atoms with E-state index in [0.717, 1.165) is 34.2 Å². The van der Waals surface area contributed by atoms with Crippen molar-refractivity contribution >= 4 is 56.5 Å². The van der Waals surface area contributed by atoms with Crippen LogP contribution in [0.2, 0.25) is 5.02 Å². The van der Waals surface area contributed by atoms with Gasteiger partial charge in [0.2, 0.25) is 0 Å². The van der Waals surface area contributed by atoms with Crippen molar-refractivity contribution in [2.24, 2.45) is 0 Å². The molecule has 1 fully saturated rings. The Morgan fingerprint density at radius 3 is 2.57 bits per heavy atom. The van der Waals surface area contributed by atoms with Crippen molar-refractivity contribution < 1.29 is 23.8 Å². The number of imide groups is 1. The van der Waals surface area contributed by atoms with Crippen molar-refractivity contribution in [1.29, 1.82) is 0 Å². The first-order valence-electron chi connectivity index (χ1n) is 11.5. The van der Waals surface area contributed by atoms with Crippen molar-refractivity contribution in [3.05, 3.63) is 91.3 Å². The number of carbonyl (C=O) groups is 2. The van der Waals surface area contributed by atoms with E-state index in [9.17, 15) is 9.59 Å². The number of amides is 2. The van der Waals surface area contributed by atoms with Gasteiger partial charge < -0.3 is 14.2 Å². The number of aryl methyl sites for hydroxylation is 2. The number of carbonyl (C=O) groups excluding carboxylic acids is 2. The Bertz CT molecular complexity index is 1380. The zero-order valence-corrected chi connectivity index (χ0v) is 23.7. The lowest BCUT2D eigenvalue weighted by molar-refractivity contribution is -0.123. The van der Waals surface area contributed by atoms with E-state index in [2.05, 4.69) is 15.9 Å². The first-order valence-corrected chi connectivity index (χ1v) is 13.4. The molecular weight excluding hydrogens is 578 g/mol. The molecule has 0 aromatic heterocycles. The van der Waals surface area contributed by atoms with Gasteiger partial charge in [0.25, 0.3) is 11.1 Å². The molecule has 37 heavy (non-hydrogen) atoms. The average molecular weight is 603 g/mol. The summed E-state index contributed by atoms with van der Waals surface area (Å²) in [6.07, 6.45) is 1.67. The van der Waals surface area contributed by atoms with Gasteiger partial charge in [-0.2, -0.15) is 0 Å². The second-order valence-electron chi connectivity index (χ2n) is 8.36. The van der Waals surface area contributed by atoms with Gasteiger partial charge in [0.15, 0.2) is 11.5 Å². The van der Waals surface area contributed by atoms with E-state index in [-0.39, 0.29) is 30.9 Å². The van der Waals surface area contributed by atoms with Gasteiger partial charge in [0.05, 0.1) is 23.0 Å². The molecule has 9 heteroatoms. The lowest BCUT2D eigenvalue weighted by Gasteiger charge is -2.15. The van der Waals surface area contributed by atoms with E-state index in [1.54, 1.807) is 18.2 Å². The highest BCUT2D eigenvalue weighted by molar-refractivity contribution is 9.10. The van der Waals surface area contributed by atoms with Crippen LogP contribution in [0, 0.1) is 13.8 Å². The largest absolute Gasteiger partial charge is 0.493 e. The molecule has 1 saturated heterocycles. The molecule has 192 valence electrons. The van der Waals surface area contributed by atoms with Gasteiger partial charge in [-0.25, -0.2) is 0 Å². The molecule has 0 atom stereocenters. The fraction of sp³-hybridized carbons (Fsp3) is 0.214. The maximum atomic E-state index is 13.0. The smallest absolute Gasteiger partial charge is 0.293 e. The van der Waals surface area contributed by atoms with Crippen LogP contribution in [0.4, 0.5) is 4.79 Å².